The van der Waals surface area contributed by atoms with Crippen LogP contribution in [-0.4, -0.2) is 90.6 Å². The second kappa shape index (κ2) is 14.5. The molecule has 1 aromatic carbocycles. The molecular formula is C29H45N5O6. The number of ether oxygens (including phenoxy) is 2. The lowest BCUT2D eigenvalue weighted by atomic mass is 10.0. The van der Waals surface area contributed by atoms with E-state index in [0.29, 0.717) is 47.3 Å². The summed E-state index contributed by atoms with van der Waals surface area (Å²) < 4.78 is 17.6. The van der Waals surface area contributed by atoms with Gasteiger partial charge in [-0.1, -0.05) is 12.1 Å². The third-order valence-electron chi connectivity index (χ3n) is 7.13. The molecule has 0 saturated carbocycles. The molecule has 1 aliphatic rings. The minimum atomic E-state index is -0.491. The van der Waals surface area contributed by atoms with E-state index in [-0.39, 0.29) is 30.6 Å². The Labute approximate surface area is 237 Å². The summed E-state index contributed by atoms with van der Waals surface area (Å²) in [6, 6.07) is 4.11. The Balaban J connectivity index is 1.94. The number of hydrogen-bond donors (Lipinski definition) is 3. The number of amides is 3. The molecule has 3 rings (SSSR count). The molecule has 2 aromatic rings. The van der Waals surface area contributed by atoms with Gasteiger partial charge in [-0.15, -0.1) is 0 Å². The van der Waals surface area contributed by atoms with Gasteiger partial charge in [-0.2, -0.15) is 0 Å². The molecule has 3 N–H and O–H groups in total. The second-order valence-corrected chi connectivity index (χ2v) is 11.1. The maximum Gasteiger partial charge on any atom is 0.323 e. The Morgan fingerprint density at radius 1 is 1.23 bits per heavy atom. The topological polar surface area (TPSA) is 129 Å². The van der Waals surface area contributed by atoms with Crippen LogP contribution >= 0.6 is 0 Å². The number of aromatic nitrogens is 1. The van der Waals surface area contributed by atoms with Crippen molar-refractivity contribution in [2.75, 3.05) is 51.0 Å². The number of nitrogens with one attached hydrogen (secondary N) is 2. The molecule has 0 unspecified atom stereocenters. The normalized spacial score (nSPS) is 21.8. The summed E-state index contributed by atoms with van der Waals surface area (Å²) in [6.45, 7) is 10.9. The molecule has 40 heavy (non-hydrogen) atoms. The van der Waals surface area contributed by atoms with E-state index in [0.717, 1.165) is 25.8 Å². The fourth-order valence-corrected chi connectivity index (χ4v) is 4.76. The predicted octanol–water partition coefficient (Wildman–Crippen LogP) is 4.29. The van der Waals surface area contributed by atoms with Crippen LogP contribution in [0.25, 0.3) is 0 Å². The largest absolute Gasteiger partial charge is 0.490 e. The molecule has 0 aliphatic carbocycles. The smallest absolute Gasteiger partial charge is 0.323 e. The van der Waals surface area contributed by atoms with Gasteiger partial charge in [-0.05, 0) is 79.3 Å². The van der Waals surface area contributed by atoms with E-state index in [1.165, 1.54) is 0 Å². The molecule has 0 bridgehead atoms. The third-order valence-corrected chi connectivity index (χ3v) is 7.13. The van der Waals surface area contributed by atoms with Crippen LogP contribution in [-0.2, 0) is 4.74 Å². The van der Waals surface area contributed by atoms with Gasteiger partial charge in [0.15, 0.2) is 5.76 Å². The highest BCUT2D eigenvalue weighted by molar-refractivity contribution is 6.03. The van der Waals surface area contributed by atoms with Crippen molar-refractivity contribution >= 4 is 23.3 Å². The number of urea groups is 1. The van der Waals surface area contributed by atoms with Gasteiger partial charge in [-0.25, -0.2) is 4.79 Å². The summed E-state index contributed by atoms with van der Waals surface area (Å²) in [7, 11) is 4.01. The van der Waals surface area contributed by atoms with Gasteiger partial charge in [0.25, 0.3) is 5.91 Å². The van der Waals surface area contributed by atoms with Gasteiger partial charge in [-0.3, -0.25) is 4.79 Å². The van der Waals surface area contributed by atoms with E-state index in [1.54, 1.807) is 36.9 Å². The van der Waals surface area contributed by atoms with Crippen LogP contribution in [0.15, 0.2) is 22.7 Å². The highest BCUT2D eigenvalue weighted by Gasteiger charge is 2.30. The number of aliphatic hydroxyl groups is 1. The molecule has 2 heterocycles. The predicted molar refractivity (Wildman–Crippen MR) is 154 cm³/mol. The molecule has 0 saturated heterocycles. The van der Waals surface area contributed by atoms with Gasteiger partial charge < -0.3 is 39.5 Å². The molecule has 1 aliphatic heterocycles. The van der Waals surface area contributed by atoms with E-state index in [2.05, 4.69) is 27.6 Å². The molecule has 0 fully saturated rings. The summed E-state index contributed by atoms with van der Waals surface area (Å²) in [6.07, 6.45) is 2.45. The summed E-state index contributed by atoms with van der Waals surface area (Å²) in [4.78, 5) is 30.6. The quantitative estimate of drug-likeness (QED) is 0.478. The van der Waals surface area contributed by atoms with E-state index in [9.17, 15) is 14.7 Å². The first kappa shape index (κ1) is 31.4. The molecule has 4 atom stereocenters. The molecule has 0 spiro atoms. The Morgan fingerprint density at radius 2 is 1.98 bits per heavy atom. The number of fused-ring (bicyclic) bond motifs is 1. The number of hydrogen-bond acceptors (Lipinski definition) is 8. The summed E-state index contributed by atoms with van der Waals surface area (Å²) in [5.41, 5.74) is 1.80. The van der Waals surface area contributed by atoms with Gasteiger partial charge >= 0.3 is 6.03 Å². The number of carbonyl (C=O) groups excluding carboxylic acids is 2. The zero-order chi connectivity index (χ0) is 29.4. The molecule has 11 nitrogen and oxygen atoms in total. The number of aryl methyl sites for hydroxylation is 2. The fourth-order valence-electron chi connectivity index (χ4n) is 4.76. The lowest BCUT2D eigenvalue weighted by Crippen LogP contribution is -2.47. The Kier molecular flexibility index (Phi) is 11.4. The van der Waals surface area contributed by atoms with Crippen molar-refractivity contribution in [1.29, 1.82) is 0 Å². The first-order chi connectivity index (χ1) is 19.0. The molecule has 3 amide bonds. The van der Waals surface area contributed by atoms with E-state index < -0.39 is 12.1 Å². The monoisotopic (exact) mass is 559 g/mol. The maximum atomic E-state index is 14.1. The van der Waals surface area contributed by atoms with Crippen LogP contribution < -0.4 is 15.4 Å². The van der Waals surface area contributed by atoms with Crippen molar-refractivity contribution in [3.8, 4) is 5.75 Å². The summed E-state index contributed by atoms with van der Waals surface area (Å²) in [5.74, 6) is 0.656. The van der Waals surface area contributed by atoms with Crippen molar-refractivity contribution in [3.63, 3.8) is 0 Å². The van der Waals surface area contributed by atoms with Crippen LogP contribution in [0, 0.1) is 19.8 Å². The van der Waals surface area contributed by atoms with Crippen LogP contribution in [0.4, 0.5) is 16.2 Å². The zero-order valence-electron chi connectivity index (χ0n) is 24.8. The molecule has 0 radical (unpaired) electrons. The van der Waals surface area contributed by atoms with Crippen LogP contribution in [0.3, 0.4) is 0 Å². The van der Waals surface area contributed by atoms with Gasteiger partial charge in [0.1, 0.15) is 17.1 Å². The number of likely N-dealkylation sites (N-methyl/N-ethyl adjacent to an activating group) is 1. The van der Waals surface area contributed by atoms with Crippen molar-refractivity contribution in [2.45, 2.75) is 72.1 Å². The van der Waals surface area contributed by atoms with Gasteiger partial charge in [0.2, 0.25) is 0 Å². The van der Waals surface area contributed by atoms with E-state index in [1.807, 2.05) is 27.9 Å². The minimum absolute atomic E-state index is 0.00807. The third kappa shape index (κ3) is 8.42. The van der Waals surface area contributed by atoms with E-state index in [4.69, 9.17) is 14.0 Å². The second-order valence-electron chi connectivity index (χ2n) is 11.1. The first-order valence-electron chi connectivity index (χ1n) is 14.0. The van der Waals surface area contributed by atoms with Crippen molar-refractivity contribution in [2.24, 2.45) is 5.92 Å². The van der Waals surface area contributed by atoms with Gasteiger partial charge in [0.05, 0.1) is 30.4 Å². The average Bonchev–Trinajstić information content (AvgIpc) is 3.22. The number of aliphatic hydroxyl groups excluding tert-OH is 1. The van der Waals surface area contributed by atoms with Crippen LogP contribution in [0.5, 0.6) is 5.75 Å². The SMILES string of the molecule is Cc1noc(C)c1NC(=O)Nc1ccc2c(c1)C(=O)N([C@H](C)CO)C[C@H](C)[C@H](CN(C)C)OCCCC[C@@H](C)O2. The van der Waals surface area contributed by atoms with Crippen LogP contribution in [0.1, 0.15) is 61.8 Å². The number of benzene rings is 1. The maximum absolute atomic E-state index is 14.1. The first-order valence-corrected chi connectivity index (χ1v) is 14.0. The zero-order valence-corrected chi connectivity index (χ0v) is 24.8. The Morgan fingerprint density at radius 3 is 2.62 bits per heavy atom. The highest BCUT2D eigenvalue weighted by Crippen LogP contribution is 2.29. The lowest BCUT2D eigenvalue weighted by Gasteiger charge is -2.35. The number of carbonyl (C=O) groups is 2. The van der Waals surface area contributed by atoms with Crippen molar-refractivity contribution in [1.82, 2.24) is 15.0 Å². The number of anilines is 2. The minimum Gasteiger partial charge on any atom is -0.490 e. The van der Waals surface area contributed by atoms with Gasteiger partial charge in [0, 0.05) is 31.3 Å². The molecule has 222 valence electrons. The van der Waals surface area contributed by atoms with Crippen molar-refractivity contribution in [3.05, 3.63) is 35.2 Å². The number of nitrogens with zero attached hydrogens (tertiary/aromatic N) is 3. The highest BCUT2D eigenvalue weighted by atomic mass is 16.5. The molecular weight excluding hydrogens is 514 g/mol. The number of rotatable bonds is 6. The lowest BCUT2D eigenvalue weighted by molar-refractivity contribution is -0.0137. The summed E-state index contributed by atoms with van der Waals surface area (Å²) >= 11 is 0. The summed E-state index contributed by atoms with van der Waals surface area (Å²) in [5, 5.41) is 19.5. The molecule has 1 aromatic heterocycles. The van der Waals surface area contributed by atoms with Crippen LogP contribution in [0.2, 0.25) is 0 Å². The fraction of sp³-hybridized carbons (Fsp3) is 0.621. The Hall–Kier alpha value is -3.15. The van der Waals surface area contributed by atoms with Crippen molar-refractivity contribution < 1.29 is 28.7 Å². The Bertz CT molecular complexity index is 1120. The molecule has 11 heteroatoms. The standard InChI is InChI=1S/C29H45N5O6/c1-18-15-34(19(2)17-35)28(36)24-14-23(30-29(37)31-27-21(4)32-40-22(27)5)11-12-25(24)39-20(3)10-8-9-13-38-26(18)16-33(6)7/h11-12,14,18-20,26,35H,8-10,13,15-17H2,1-7H3,(H2,30,31,37)/t18-,19+,20+,26-/m0/s1. The average molecular weight is 560 g/mol. The van der Waals surface area contributed by atoms with E-state index >= 15 is 0 Å².